The van der Waals surface area contributed by atoms with Gasteiger partial charge >= 0.3 is 0 Å². The summed E-state index contributed by atoms with van der Waals surface area (Å²) in [7, 11) is -3.91. The molecule has 0 bridgehead atoms. The summed E-state index contributed by atoms with van der Waals surface area (Å²) in [4.78, 5) is 20.9. The third-order valence-corrected chi connectivity index (χ3v) is 5.30. The second-order valence-corrected chi connectivity index (χ2v) is 7.78. The second kappa shape index (κ2) is 7.72. The lowest BCUT2D eigenvalue weighted by molar-refractivity contribution is 0.600. The van der Waals surface area contributed by atoms with Crippen LogP contribution in [-0.4, -0.2) is 33.3 Å². The molecular weight excluding hydrogens is 388 g/mol. The molecule has 0 fully saturated rings. The maximum atomic E-state index is 12.7. The predicted molar refractivity (Wildman–Crippen MR) is 108 cm³/mol. The number of hydrogen-bond acceptors (Lipinski definition) is 7. The van der Waals surface area contributed by atoms with E-state index in [0.29, 0.717) is 17.2 Å². The zero-order valence-electron chi connectivity index (χ0n) is 15.4. The molecular formula is C20H16N6O2S. The minimum atomic E-state index is -3.91. The lowest BCUT2D eigenvalue weighted by Gasteiger charge is -2.09. The number of anilines is 1. The molecule has 1 N–H and O–H groups in total. The van der Waals surface area contributed by atoms with Crippen LogP contribution >= 0.6 is 0 Å². The van der Waals surface area contributed by atoms with Crippen LogP contribution in [0.25, 0.3) is 22.8 Å². The van der Waals surface area contributed by atoms with E-state index in [1.165, 1.54) is 12.3 Å². The monoisotopic (exact) mass is 404 g/mol. The van der Waals surface area contributed by atoms with Crippen molar-refractivity contribution in [3.05, 3.63) is 78.9 Å². The van der Waals surface area contributed by atoms with Gasteiger partial charge in [0.25, 0.3) is 10.0 Å². The molecule has 0 aliphatic carbocycles. The van der Waals surface area contributed by atoms with Crippen molar-refractivity contribution in [2.45, 2.75) is 11.8 Å². The van der Waals surface area contributed by atoms with Gasteiger partial charge in [0.2, 0.25) is 5.95 Å². The van der Waals surface area contributed by atoms with Gasteiger partial charge in [-0.3, -0.25) is 9.97 Å². The van der Waals surface area contributed by atoms with Crippen LogP contribution in [0.3, 0.4) is 0 Å². The zero-order chi connectivity index (χ0) is 20.3. The fourth-order valence-electron chi connectivity index (χ4n) is 2.64. The summed E-state index contributed by atoms with van der Waals surface area (Å²) < 4.78 is 27.9. The summed E-state index contributed by atoms with van der Waals surface area (Å²) in [5.74, 6) is 0.578. The Morgan fingerprint density at radius 1 is 0.793 bits per heavy atom. The van der Waals surface area contributed by atoms with Crippen LogP contribution in [0.2, 0.25) is 0 Å². The number of aryl methyl sites for hydroxylation is 1. The van der Waals surface area contributed by atoms with Gasteiger partial charge in [-0.2, -0.15) is 9.97 Å². The van der Waals surface area contributed by atoms with Crippen LogP contribution < -0.4 is 4.72 Å². The van der Waals surface area contributed by atoms with Gasteiger partial charge in [0, 0.05) is 18.0 Å². The van der Waals surface area contributed by atoms with Crippen molar-refractivity contribution in [3.8, 4) is 22.8 Å². The molecule has 4 rings (SSSR count). The fraction of sp³-hybridized carbons (Fsp3) is 0.0500. The average Bonchev–Trinajstić information content (AvgIpc) is 2.74. The Balaban J connectivity index is 1.61. The molecule has 0 aliphatic heterocycles. The summed E-state index contributed by atoms with van der Waals surface area (Å²) in [5.41, 5.74) is 2.10. The highest BCUT2D eigenvalue weighted by Crippen LogP contribution is 2.20. The highest BCUT2D eigenvalue weighted by Gasteiger charge is 2.18. The molecule has 0 amide bonds. The molecule has 0 aliphatic rings. The van der Waals surface area contributed by atoms with Gasteiger partial charge in [-0.1, -0.05) is 36.4 Å². The third kappa shape index (κ3) is 4.25. The first kappa shape index (κ1) is 18.6. The van der Waals surface area contributed by atoms with E-state index >= 15 is 0 Å². The van der Waals surface area contributed by atoms with Gasteiger partial charge in [0.15, 0.2) is 5.82 Å². The zero-order valence-corrected chi connectivity index (χ0v) is 16.2. The first-order valence-corrected chi connectivity index (χ1v) is 10.2. The third-order valence-electron chi connectivity index (χ3n) is 3.98. The van der Waals surface area contributed by atoms with Gasteiger partial charge < -0.3 is 0 Å². The molecule has 1 aromatic carbocycles. The standard InChI is InChI=1S/C20H16N6O2S/c1-14-23-19(18-9-5-6-12-21-18)25-20(24-14)26-29(27,28)16-10-11-17(22-13-16)15-7-3-2-4-8-15/h2-13H,1H3,(H,23,24,25,26). The van der Waals surface area contributed by atoms with Gasteiger partial charge in [-0.25, -0.2) is 18.1 Å². The van der Waals surface area contributed by atoms with Gasteiger partial charge in [-0.05, 0) is 31.2 Å². The highest BCUT2D eigenvalue weighted by atomic mass is 32.2. The van der Waals surface area contributed by atoms with Crippen LogP contribution in [-0.2, 0) is 10.0 Å². The van der Waals surface area contributed by atoms with Crippen molar-refractivity contribution >= 4 is 16.0 Å². The molecule has 144 valence electrons. The Morgan fingerprint density at radius 2 is 1.59 bits per heavy atom. The van der Waals surface area contributed by atoms with Gasteiger partial charge in [0.05, 0.1) is 5.69 Å². The van der Waals surface area contributed by atoms with Crippen LogP contribution in [0.5, 0.6) is 0 Å². The molecule has 0 radical (unpaired) electrons. The van der Waals surface area contributed by atoms with E-state index in [4.69, 9.17) is 0 Å². The van der Waals surface area contributed by atoms with Crippen LogP contribution in [0.1, 0.15) is 5.82 Å². The lowest BCUT2D eigenvalue weighted by Crippen LogP contribution is -2.16. The molecule has 29 heavy (non-hydrogen) atoms. The Bertz CT molecular complexity index is 1230. The van der Waals surface area contributed by atoms with E-state index in [1.807, 2.05) is 30.3 Å². The SMILES string of the molecule is Cc1nc(NS(=O)(=O)c2ccc(-c3ccccc3)nc2)nc(-c2ccccn2)n1. The van der Waals surface area contributed by atoms with Crippen molar-refractivity contribution in [1.82, 2.24) is 24.9 Å². The number of nitrogens with zero attached hydrogens (tertiary/aromatic N) is 5. The smallest absolute Gasteiger partial charge is 0.255 e. The molecule has 0 unspecified atom stereocenters. The molecule has 0 atom stereocenters. The fourth-order valence-corrected chi connectivity index (χ4v) is 3.52. The van der Waals surface area contributed by atoms with E-state index in [2.05, 4.69) is 29.6 Å². The minimum absolute atomic E-state index is 0.00892. The van der Waals surface area contributed by atoms with Crippen molar-refractivity contribution in [2.75, 3.05) is 4.72 Å². The number of sulfonamides is 1. The van der Waals surface area contributed by atoms with Gasteiger partial charge in [-0.15, -0.1) is 0 Å². The molecule has 4 aromatic rings. The first-order valence-electron chi connectivity index (χ1n) is 8.70. The largest absolute Gasteiger partial charge is 0.265 e. The first-order chi connectivity index (χ1) is 14.0. The number of aromatic nitrogens is 5. The summed E-state index contributed by atoms with van der Waals surface area (Å²) in [5, 5.41) is 0. The normalized spacial score (nSPS) is 11.2. The van der Waals surface area contributed by atoms with Crippen LogP contribution in [0.4, 0.5) is 5.95 Å². The molecule has 0 spiro atoms. The topological polar surface area (TPSA) is 111 Å². The maximum Gasteiger partial charge on any atom is 0.265 e. The second-order valence-electron chi connectivity index (χ2n) is 6.10. The Hall–Kier alpha value is -3.72. The van der Waals surface area contributed by atoms with E-state index in [0.717, 1.165) is 5.56 Å². The molecule has 0 saturated carbocycles. The highest BCUT2D eigenvalue weighted by molar-refractivity contribution is 7.92. The molecule has 8 nitrogen and oxygen atoms in total. The van der Waals surface area contributed by atoms with Crippen LogP contribution in [0.15, 0.2) is 78.0 Å². The maximum absolute atomic E-state index is 12.7. The number of rotatable bonds is 5. The Kier molecular flexibility index (Phi) is 4.96. The van der Waals surface area contributed by atoms with Crippen LogP contribution in [0, 0.1) is 6.92 Å². The molecule has 3 heterocycles. The number of pyridine rings is 2. The quantitative estimate of drug-likeness (QED) is 0.544. The number of hydrogen-bond donors (Lipinski definition) is 1. The van der Waals surface area contributed by atoms with Gasteiger partial charge in [0.1, 0.15) is 16.4 Å². The van der Waals surface area contributed by atoms with Crippen molar-refractivity contribution < 1.29 is 8.42 Å². The molecule has 3 aromatic heterocycles. The average molecular weight is 404 g/mol. The summed E-state index contributed by atoms with van der Waals surface area (Å²) in [6.45, 7) is 1.65. The predicted octanol–water partition coefficient (Wildman–Crippen LogP) is 3.10. The number of benzene rings is 1. The lowest BCUT2D eigenvalue weighted by atomic mass is 10.1. The summed E-state index contributed by atoms with van der Waals surface area (Å²) in [6, 6.07) is 18.0. The van der Waals surface area contributed by atoms with Crippen molar-refractivity contribution in [2.24, 2.45) is 0 Å². The van der Waals surface area contributed by atoms with E-state index in [9.17, 15) is 8.42 Å². The van der Waals surface area contributed by atoms with E-state index < -0.39 is 10.0 Å². The van der Waals surface area contributed by atoms with Crippen molar-refractivity contribution in [1.29, 1.82) is 0 Å². The Morgan fingerprint density at radius 3 is 2.28 bits per heavy atom. The van der Waals surface area contributed by atoms with Crippen molar-refractivity contribution in [3.63, 3.8) is 0 Å². The molecule has 0 saturated heterocycles. The summed E-state index contributed by atoms with van der Waals surface area (Å²) >= 11 is 0. The molecule has 9 heteroatoms. The Labute approximate surface area is 167 Å². The van der Waals surface area contributed by atoms with E-state index in [1.54, 1.807) is 37.4 Å². The van der Waals surface area contributed by atoms with E-state index in [-0.39, 0.29) is 16.7 Å². The number of nitrogens with one attached hydrogen (secondary N) is 1. The minimum Gasteiger partial charge on any atom is -0.255 e. The summed E-state index contributed by atoms with van der Waals surface area (Å²) in [6.07, 6.45) is 2.91.